The molecule has 0 radical (unpaired) electrons. The molecule has 1 aromatic rings. The van der Waals surface area contributed by atoms with Crippen LogP contribution in [0.25, 0.3) is 0 Å². The van der Waals surface area contributed by atoms with Gasteiger partial charge in [-0.1, -0.05) is 38.5 Å². The van der Waals surface area contributed by atoms with Gasteiger partial charge in [-0.15, -0.1) is 0 Å². The monoisotopic (exact) mass is 249 g/mol. The van der Waals surface area contributed by atoms with Gasteiger partial charge in [0.05, 0.1) is 7.11 Å². The van der Waals surface area contributed by atoms with Gasteiger partial charge in [0.1, 0.15) is 5.75 Å². The highest BCUT2D eigenvalue weighted by molar-refractivity contribution is 5.38. The van der Waals surface area contributed by atoms with Crippen LogP contribution >= 0.6 is 0 Å². The summed E-state index contributed by atoms with van der Waals surface area (Å²) in [5.74, 6) is 0.960. The Balaban J connectivity index is 2.90. The summed E-state index contributed by atoms with van der Waals surface area (Å²) in [6, 6.07) is 7.06. The molecule has 2 nitrogen and oxygen atoms in total. The smallest absolute Gasteiger partial charge is 0.123 e. The van der Waals surface area contributed by atoms with Crippen molar-refractivity contribution >= 4 is 0 Å². The van der Waals surface area contributed by atoms with Crippen LogP contribution in [0.5, 0.6) is 5.75 Å². The van der Waals surface area contributed by atoms with Crippen molar-refractivity contribution in [2.45, 2.75) is 53.6 Å². The number of rotatable bonds is 4. The summed E-state index contributed by atoms with van der Waals surface area (Å²) in [5.41, 5.74) is 2.75. The number of nitrogens with one attached hydrogen (secondary N) is 1. The largest absolute Gasteiger partial charge is 0.496 e. The van der Waals surface area contributed by atoms with Crippen LogP contribution in [-0.4, -0.2) is 13.2 Å². The van der Waals surface area contributed by atoms with Crippen molar-refractivity contribution in [2.24, 2.45) is 5.41 Å². The molecular weight excluding hydrogens is 222 g/mol. The Morgan fingerprint density at radius 2 is 1.78 bits per heavy atom. The highest BCUT2D eigenvalue weighted by Gasteiger charge is 2.22. The second-order valence-electron chi connectivity index (χ2n) is 6.22. The minimum atomic E-state index is 0.255. The van der Waals surface area contributed by atoms with Gasteiger partial charge < -0.3 is 10.1 Å². The zero-order valence-electron chi connectivity index (χ0n) is 12.8. The lowest BCUT2D eigenvalue weighted by molar-refractivity contribution is 0.266. The molecule has 0 spiro atoms. The van der Waals surface area contributed by atoms with E-state index >= 15 is 0 Å². The van der Waals surface area contributed by atoms with Crippen LogP contribution in [0.2, 0.25) is 0 Å². The summed E-state index contributed by atoms with van der Waals surface area (Å²) in [5, 5.41) is 3.66. The summed E-state index contributed by atoms with van der Waals surface area (Å²) >= 11 is 0. The summed E-state index contributed by atoms with van der Waals surface area (Å²) in [6.07, 6.45) is 0. The summed E-state index contributed by atoms with van der Waals surface area (Å²) in [4.78, 5) is 0. The first-order chi connectivity index (χ1) is 8.25. The highest BCUT2D eigenvalue weighted by atomic mass is 16.5. The van der Waals surface area contributed by atoms with Gasteiger partial charge in [0.25, 0.3) is 0 Å². The van der Waals surface area contributed by atoms with E-state index in [0.717, 1.165) is 5.75 Å². The molecule has 1 rings (SSSR count). The van der Waals surface area contributed by atoms with Gasteiger partial charge >= 0.3 is 0 Å². The first kappa shape index (κ1) is 15.0. The molecule has 2 atom stereocenters. The van der Waals surface area contributed by atoms with Crippen LogP contribution in [0.15, 0.2) is 18.2 Å². The molecular formula is C16H27NO. The normalized spacial score (nSPS) is 15.3. The number of hydrogen-bond acceptors (Lipinski definition) is 2. The molecule has 0 aliphatic rings. The van der Waals surface area contributed by atoms with Crippen molar-refractivity contribution in [3.63, 3.8) is 0 Å². The Labute approximate surface area is 112 Å². The molecule has 0 amide bonds. The fourth-order valence-corrected chi connectivity index (χ4v) is 1.91. The van der Waals surface area contributed by atoms with Gasteiger partial charge in [-0.25, -0.2) is 0 Å². The van der Waals surface area contributed by atoms with Crippen LogP contribution in [0.1, 0.15) is 51.8 Å². The first-order valence-electron chi connectivity index (χ1n) is 6.66. The van der Waals surface area contributed by atoms with E-state index in [0.29, 0.717) is 6.04 Å². The minimum absolute atomic E-state index is 0.255. The Kier molecular flexibility index (Phi) is 4.80. The third-order valence-corrected chi connectivity index (χ3v) is 3.65. The van der Waals surface area contributed by atoms with Gasteiger partial charge in [-0.05, 0) is 32.3 Å². The van der Waals surface area contributed by atoms with Crippen LogP contribution in [0.3, 0.4) is 0 Å². The number of aryl methyl sites for hydroxylation is 1. The van der Waals surface area contributed by atoms with E-state index in [4.69, 9.17) is 4.74 Å². The van der Waals surface area contributed by atoms with Crippen molar-refractivity contribution in [1.82, 2.24) is 5.32 Å². The maximum Gasteiger partial charge on any atom is 0.123 e. The molecule has 0 heterocycles. The Morgan fingerprint density at radius 3 is 2.28 bits per heavy atom. The van der Waals surface area contributed by atoms with E-state index in [9.17, 15) is 0 Å². The number of benzene rings is 1. The lowest BCUT2D eigenvalue weighted by Crippen LogP contribution is -2.39. The number of ether oxygens (including phenoxy) is 1. The molecule has 0 saturated heterocycles. The average Bonchev–Trinajstić information content (AvgIpc) is 2.27. The van der Waals surface area contributed by atoms with Gasteiger partial charge in [-0.2, -0.15) is 0 Å². The molecule has 18 heavy (non-hydrogen) atoms. The Morgan fingerprint density at radius 1 is 1.17 bits per heavy atom. The van der Waals surface area contributed by atoms with Crippen LogP contribution in [0.4, 0.5) is 0 Å². The predicted octanol–water partition coefficient (Wildman–Crippen LogP) is 4.09. The average molecular weight is 249 g/mol. The van der Waals surface area contributed by atoms with E-state index in [1.165, 1.54) is 11.1 Å². The van der Waals surface area contributed by atoms with Crippen molar-refractivity contribution in [3.05, 3.63) is 29.3 Å². The summed E-state index contributed by atoms with van der Waals surface area (Å²) in [7, 11) is 1.73. The molecule has 0 bridgehead atoms. The van der Waals surface area contributed by atoms with Gasteiger partial charge in [0, 0.05) is 17.6 Å². The van der Waals surface area contributed by atoms with Gasteiger partial charge in [0.15, 0.2) is 0 Å². The Hall–Kier alpha value is -1.02. The lowest BCUT2D eigenvalue weighted by atomic mass is 9.87. The molecule has 0 aliphatic carbocycles. The molecule has 0 saturated carbocycles. The van der Waals surface area contributed by atoms with Gasteiger partial charge in [0.2, 0.25) is 0 Å². The fourth-order valence-electron chi connectivity index (χ4n) is 1.91. The molecule has 1 N–H and O–H groups in total. The van der Waals surface area contributed by atoms with Gasteiger partial charge in [-0.3, -0.25) is 0 Å². The number of hydrogen-bond donors (Lipinski definition) is 1. The van der Waals surface area contributed by atoms with Crippen LogP contribution in [-0.2, 0) is 0 Å². The quantitative estimate of drug-likeness (QED) is 0.868. The lowest BCUT2D eigenvalue weighted by Gasteiger charge is -2.31. The van der Waals surface area contributed by atoms with Crippen molar-refractivity contribution in [2.75, 3.05) is 7.11 Å². The summed E-state index contributed by atoms with van der Waals surface area (Å²) in [6.45, 7) is 13.3. The predicted molar refractivity (Wildman–Crippen MR) is 78.2 cm³/mol. The fraction of sp³-hybridized carbons (Fsp3) is 0.625. The molecule has 102 valence electrons. The second kappa shape index (κ2) is 5.75. The SMILES string of the molecule is COc1ccc(C)cc1C(C)NC(C)C(C)(C)C. The third kappa shape index (κ3) is 3.74. The maximum absolute atomic E-state index is 5.45. The molecule has 0 fully saturated rings. The molecule has 1 aromatic carbocycles. The van der Waals surface area contributed by atoms with Crippen molar-refractivity contribution in [1.29, 1.82) is 0 Å². The van der Waals surface area contributed by atoms with E-state index in [1.54, 1.807) is 7.11 Å². The maximum atomic E-state index is 5.45. The van der Waals surface area contributed by atoms with E-state index in [2.05, 4.69) is 59.0 Å². The van der Waals surface area contributed by atoms with Crippen molar-refractivity contribution < 1.29 is 4.74 Å². The molecule has 0 aliphatic heterocycles. The molecule has 2 heteroatoms. The minimum Gasteiger partial charge on any atom is -0.496 e. The number of methoxy groups -OCH3 is 1. The third-order valence-electron chi connectivity index (χ3n) is 3.65. The van der Waals surface area contributed by atoms with Crippen LogP contribution < -0.4 is 10.1 Å². The standard InChI is InChI=1S/C16H27NO/c1-11-8-9-15(18-7)14(10-11)12(2)17-13(3)16(4,5)6/h8-10,12-13,17H,1-7H3. The zero-order valence-corrected chi connectivity index (χ0v) is 12.8. The van der Waals surface area contributed by atoms with E-state index in [-0.39, 0.29) is 11.5 Å². The zero-order chi connectivity index (χ0) is 13.9. The van der Waals surface area contributed by atoms with Crippen LogP contribution in [0, 0.1) is 12.3 Å². The van der Waals surface area contributed by atoms with Crippen molar-refractivity contribution in [3.8, 4) is 5.75 Å². The highest BCUT2D eigenvalue weighted by Crippen LogP contribution is 2.28. The van der Waals surface area contributed by atoms with E-state index in [1.807, 2.05) is 6.07 Å². The molecule has 2 unspecified atom stereocenters. The topological polar surface area (TPSA) is 21.3 Å². The van der Waals surface area contributed by atoms with E-state index < -0.39 is 0 Å². The summed E-state index contributed by atoms with van der Waals surface area (Å²) < 4.78 is 5.45. The second-order valence-corrected chi connectivity index (χ2v) is 6.22. The first-order valence-corrected chi connectivity index (χ1v) is 6.66. The molecule has 0 aromatic heterocycles. The Bertz CT molecular complexity index is 393.